The number of carbonyl (C=O) groups excluding carboxylic acids is 2. The molecule has 1 N–H and O–H groups in total. The fraction of sp³-hybridized carbons (Fsp3) is 0.353. The van der Waals surface area contributed by atoms with Gasteiger partial charge in [0, 0.05) is 17.6 Å². The Morgan fingerprint density at radius 3 is 2.56 bits per heavy atom. The monoisotopic (exact) mass is 378 g/mol. The summed E-state index contributed by atoms with van der Waals surface area (Å²) in [6.45, 7) is 3.23. The molecule has 1 aromatic carbocycles. The second kappa shape index (κ2) is 7.97. The van der Waals surface area contributed by atoms with Gasteiger partial charge in [-0.25, -0.2) is 4.79 Å². The number of amides is 1. The summed E-state index contributed by atoms with van der Waals surface area (Å²) in [6.07, 6.45) is -0.940. The van der Waals surface area contributed by atoms with Crippen LogP contribution < -0.4 is 5.32 Å². The molecule has 2 aromatic rings. The zero-order valence-electron chi connectivity index (χ0n) is 13.9. The number of carbonyl (C=O) groups is 2. The number of aromatic nitrogens is 1. The van der Waals surface area contributed by atoms with E-state index in [-0.39, 0.29) is 0 Å². The molecule has 0 spiro atoms. The number of esters is 1. The Hall–Kier alpha value is -1.93. The van der Waals surface area contributed by atoms with Crippen molar-refractivity contribution in [1.29, 1.82) is 0 Å². The van der Waals surface area contributed by atoms with Crippen LogP contribution in [-0.4, -0.2) is 34.6 Å². The molecule has 0 saturated carbocycles. The SMILES string of the molecule is Cc1cc(NC(=O)[C@@H](C)OC(=O)c2ccc(C3SCCS3)cc2)no1. The van der Waals surface area contributed by atoms with Gasteiger partial charge >= 0.3 is 5.97 Å². The third-order valence-electron chi connectivity index (χ3n) is 3.57. The number of rotatable bonds is 5. The fourth-order valence-electron chi connectivity index (χ4n) is 2.26. The summed E-state index contributed by atoms with van der Waals surface area (Å²) in [5.74, 6) is 2.18. The number of benzene rings is 1. The molecule has 1 atom stereocenters. The van der Waals surface area contributed by atoms with E-state index in [9.17, 15) is 9.59 Å². The number of ether oxygens (including phenoxy) is 1. The van der Waals surface area contributed by atoms with Gasteiger partial charge in [-0.05, 0) is 31.5 Å². The second-order valence-electron chi connectivity index (χ2n) is 5.56. The van der Waals surface area contributed by atoms with Gasteiger partial charge < -0.3 is 14.6 Å². The first kappa shape index (κ1) is 17.9. The van der Waals surface area contributed by atoms with E-state index in [4.69, 9.17) is 9.26 Å². The predicted molar refractivity (Wildman–Crippen MR) is 98.8 cm³/mol. The first-order valence-corrected chi connectivity index (χ1v) is 9.91. The topological polar surface area (TPSA) is 81.4 Å². The summed E-state index contributed by atoms with van der Waals surface area (Å²) in [4.78, 5) is 24.2. The Labute approximate surface area is 154 Å². The van der Waals surface area contributed by atoms with Crippen LogP contribution in [0.2, 0.25) is 0 Å². The lowest BCUT2D eigenvalue weighted by Gasteiger charge is -2.13. The molecule has 132 valence electrons. The van der Waals surface area contributed by atoms with Crippen molar-refractivity contribution in [3.8, 4) is 0 Å². The molecule has 8 heteroatoms. The molecule has 1 fully saturated rings. The number of nitrogens with one attached hydrogen (secondary N) is 1. The summed E-state index contributed by atoms with van der Waals surface area (Å²) in [6, 6.07) is 8.95. The van der Waals surface area contributed by atoms with E-state index < -0.39 is 18.0 Å². The summed E-state index contributed by atoms with van der Waals surface area (Å²) >= 11 is 3.81. The van der Waals surface area contributed by atoms with Crippen LogP contribution in [0.4, 0.5) is 5.82 Å². The highest BCUT2D eigenvalue weighted by molar-refractivity contribution is 8.19. The van der Waals surface area contributed by atoms with E-state index in [2.05, 4.69) is 10.5 Å². The Balaban J connectivity index is 1.56. The molecule has 1 aliphatic rings. The van der Waals surface area contributed by atoms with Gasteiger partial charge in [-0.3, -0.25) is 4.79 Å². The van der Waals surface area contributed by atoms with E-state index in [0.29, 0.717) is 21.7 Å². The maximum Gasteiger partial charge on any atom is 0.338 e. The first-order valence-electron chi connectivity index (χ1n) is 7.81. The Bertz CT molecular complexity index is 754. The molecule has 0 radical (unpaired) electrons. The van der Waals surface area contributed by atoms with Gasteiger partial charge in [0.1, 0.15) is 5.76 Å². The zero-order chi connectivity index (χ0) is 17.8. The summed E-state index contributed by atoms with van der Waals surface area (Å²) in [5.41, 5.74) is 1.62. The molecule has 1 aromatic heterocycles. The third-order valence-corrected chi connectivity index (χ3v) is 6.68. The molecule has 25 heavy (non-hydrogen) atoms. The summed E-state index contributed by atoms with van der Waals surface area (Å²) in [7, 11) is 0. The molecule has 1 aliphatic heterocycles. The number of hydrogen-bond donors (Lipinski definition) is 1. The van der Waals surface area contributed by atoms with Crippen molar-refractivity contribution in [3.63, 3.8) is 0 Å². The van der Waals surface area contributed by atoms with Crippen LogP contribution in [0.3, 0.4) is 0 Å². The van der Waals surface area contributed by atoms with Gasteiger partial charge in [-0.15, -0.1) is 23.5 Å². The van der Waals surface area contributed by atoms with Crippen molar-refractivity contribution in [2.75, 3.05) is 16.8 Å². The Morgan fingerprint density at radius 1 is 1.28 bits per heavy atom. The van der Waals surface area contributed by atoms with Crippen molar-refractivity contribution in [2.45, 2.75) is 24.5 Å². The van der Waals surface area contributed by atoms with Gasteiger partial charge in [-0.2, -0.15) is 0 Å². The lowest BCUT2D eigenvalue weighted by atomic mass is 10.1. The van der Waals surface area contributed by atoms with Crippen LogP contribution in [-0.2, 0) is 9.53 Å². The van der Waals surface area contributed by atoms with Crippen LogP contribution in [0.25, 0.3) is 0 Å². The van der Waals surface area contributed by atoms with Gasteiger partial charge in [0.25, 0.3) is 5.91 Å². The van der Waals surface area contributed by atoms with E-state index in [0.717, 1.165) is 11.5 Å². The van der Waals surface area contributed by atoms with Gasteiger partial charge in [-0.1, -0.05) is 17.3 Å². The number of hydrogen-bond acceptors (Lipinski definition) is 7. The zero-order valence-corrected chi connectivity index (χ0v) is 15.5. The molecule has 3 rings (SSSR count). The molecule has 0 aliphatic carbocycles. The van der Waals surface area contributed by atoms with E-state index in [1.54, 1.807) is 25.1 Å². The van der Waals surface area contributed by atoms with Gasteiger partial charge in [0.15, 0.2) is 11.9 Å². The average Bonchev–Trinajstić information content (AvgIpc) is 3.27. The highest BCUT2D eigenvalue weighted by Crippen LogP contribution is 2.45. The summed E-state index contributed by atoms with van der Waals surface area (Å²) < 4.78 is 10.5. The van der Waals surface area contributed by atoms with Crippen molar-refractivity contribution >= 4 is 41.2 Å². The molecule has 0 bridgehead atoms. The highest BCUT2D eigenvalue weighted by Gasteiger charge is 2.21. The smallest absolute Gasteiger partial charge is 0.338 e. The van der Waals surface area contributed by atoms with Crippen LogP contribution in [0.15, 0.2) is 34.9 Å². The standard InChI is InChI=1S/C17H18N2O4S2/c1-10-9-14(19-23-10)18-15(20)11(2)22-16(21)12-3-5-13(6-4-12)17-24-7-8-25-17/h3-6,9,11,17H,7-8H2,1-2H3,(H,18,19,20)/t11-/m1/s1. The second-order valence-corrected chi connectivity index (χ2v) is 8.28. The highest BCUT2D eigenvalue weighted by atomic mass is 32.2. The molecule has 0 unspecified atom stereocenters. The number of aryl methyl sites for hydroxylation is 1. The lowest BCUT2D eigenvalue weighted by molar-refractivity contribution is -0.123. The minimum Gasteiger partial charge on any atom is -0.449 e. The van der Waals surface area contributed by atoms with Crippen LogP contribution in [0, 0.1) is 6.92 Å². The molecule has 1 saturated heterocycles. The van der Waals surface area contributed by atoms with Gasteiger partial charge in [0.2, 0.25) is 0 Å². The fourth-order valence-corrected chi connectivity index (χ4v) is 5.12. The first-order chi connectivity index (χ1) is 12.0. The van der Waals surface area contributed by atoms with Crippen molar-refractivity contribution in [1.82, 2.24) is 5.16 Å². The van der Waals surface area contributed by atoms with E-state index >= 15 is 0 Å². The van der Waals surface area contributed by atoms with E-state index in [1.165, 1.54) is 12.5 Å². The average molecular weight is 378 g/mol. The third kappa shape index (κ3) is 4.58. The number of anilines is 1. The maximum atomic E-state index is 12.2. The van der Waals surface area contributed by atoms with Crippen LogP contribution in [0.5, 0.6) is 0 Å². The maximum absolute atomic E-state index is 12.2. The number of thioether (sulfide) groups is 2. The van der Waals surface area contributed by atoms with Crippen molar-refractivity contribution < 1.29 is 18.8 Å². The van der Waals surface area contributed by atoms with Crippen molar-refractivity contribution in [3.05, 3.63) is 47.2 Å². The normalized spacial score (nSPS) is 15.8. The largest absolute Gasteiger partial charge is 0.449 e. The molecule has 2 heterocycles. The number of nitrogens with zero attached hydrogens (tertiary/aromatic N) is 1. The predicted octanol–water partition coefficient (Wildman–Crippen LogP) is 3.65. The van der Waals surface area contributed by atoms with Crippen LogP contribution >= 0.6 is 23.5 Å². The minimum atomic E-state index is -0.940. The van der Waals surface area contributed by atoms with Crippen molar-refractivity contribution in [2.24, 2.45) is 0 Å². The quantitative estimate of drug-likeness (QED) is 0.795. The Morgan fingerprint density at radius 2 is 1.96 bits per heavy atom. The van der Waals surface area contributed by atoms with Gasteiger partial charge in [0.05, 0.1) is 10.1 Å². The Kier molecular flexibility index (Phi) is 5.70. The summed E-state index contributed by atoms with van der Waals surface area (Å²) in [5, 5.41) is 6.21. The lowest BCUT2D eigenvalue weighted by Crippen LogP contribution is -2.30. The molecular formula is C17H18N2O4S2. The molecule has 1 amide bonds. The van der Waals surface area contributed by atoms with Crippen LogP contribution in [0.1, 0.15) is 33.2 Å². The minimum absolute atomic E-state index is 0.293. The molecule has 6 nitrogen and oxygen atoms in total. The molecular weight excluding hydrogens is 360 g/mol. The van der Waals surface area contributed by atoms with E-state index in [1.807, 2.05) is 35.7 Å².